The van der Waals surface area contributed by atoms with Crippen LogP contribution >= 0.6 is 11.6 Å². The molecular weight excluding hydrogens is 256 g/mol. The van der Waals surface area contributed by atoms with Crippen LogP contribution in [0.5, 0.6) is 0 Å². The number of aryl methyl sites for hydroxylation is 1. The highest BCUT2D eigenvalue weighted by Crippen LogP contribution is 2.29. The van der Waals surface area contributed by atoms with Gasteiger partial charge in [-0.3, -0.25) is 0 Å². The zero-order valence-electron chi connectivity index (χ0n) is 11.4. The molecule has 0 aliphatic heterocycles. The van der Waals surface area contributed by atoms with Gasteiger partial charge in [-0.2, -0.15) is 0 Å². The molecule has 2 aromatic carbocycles. The third kappa shape index (κ3) is 3.17. The van der Waals surface area contributed by atoms with Gasteiger partial charge in [-0.05, 0) is 42.2 Å². The minimum absolute atomic E-state index is 0.114. The van der Waals surface area contributed by atoms with E-state index >= 15 is 0 Å². The van der Waals surface area contributed by atoms with Crippen molar-refractivity contribution in [2.45, 2.75) is 25.7 Å². The van der Waals surface area contributed by atoms with Gasteiger partial charge in [-0.1, -0.05) is 54.9 Å². The normalized spacial score (nSPS) is 14.1. The van der Waals surface area contributed by atoms with Crippen molar-refractivity contribution in [2.24, 2.45) is 0 Å². The minimum atomic E-state index is -0.281. The second-order valence-corrected chi connectivity index (χ2v) is 5.77. The van der Waals surface area contributed by atoms with Crippen molar-refractivity contribution in [3.63, 3.8) is 0 Å². The molecule has 0 spiro atoms. The van der Waals surface area contributed by atoms with Crippen molar-refractivity contribution in [1.29, 1.82) is 0 Å². The second-order valence-electron chi connectivity index (χ2n) is 5.33. The van der Waals surface area contributed by atoms with Crippen LogP contribution in [0.4, 0.5) is 0 Å². The molecule has 0 radical (unpaired) electrons. The van der Waals surface area contributed by atoms with E-state index < -0.39 is 0 Å². The Balaban J connectivity index is 2.33. The fourth-order valence-electron chi connectivity index (χ4n) is 2.33. The summed E-state index contributed by atoms with van der Waals surface area (Å²) in [6.07, 6.45) is 0.817. The van der Waals surface area contributed by atoms with Gasteiger partial charge < -0.3 is 5.11 Å². The zero-order chi connectivity index (χ0) is 13.9. The summed E-state index contributed by atoms with van der Waals surface area (Å²) in [5, 5.41) is 10.5. The molecule has 2 heteroatoms. The number of hydrogen-bond acceptors (Lipinski definition) is 1. The number of hydrogen-bond donors (Lipinski definition) is 1. The van der Waals surface area contributed by atoms with Gasteiger partial charge in [0.25, 0.3) is 0 Å². The van der Waals surface area contributed by atoms with E-state index in [-0.39, 0.29) is 12.0 Å². The van der Waals surface area contributed by atoms with Crippen LogP contribution in [-0.2, 0) is 11.8 Å². The third-order valence-corrected chi connectivity index (χ3v) is 3.98. The summed E-state index contributed by atoms with van der Waals surface area (Å²) < 4.78 is 0. The second kappa shape index (κ2) is 5.77. The lowest BCUT2D eigenvalue weighted by atomic mass is 9.77. The molecular formula is C17H19ClO. The maximum Gasteiger partial charge on any atom is 0.0528 e. The Kier molecular flexibility index (Phi) is 4.28. The standard InChI is InChI=1S/C17H19ClO/c1-13-5-3-4-6-14(13)11-17(2,12-19)15-7-9-16(18)10-8-15/h3-10,19H,11-12H2,1-2H3. The Morgan fingerprint density at radius 1 is 1.05 bits per heavy atom. The molecule has 2 aromatic rings. The van der Waals surface area contributed by atoms with Crippen LogP contribution in [0.1, 0.15) is 23.6 Å². The van der Waals surface area contributed by atoms with Crippen LogP contribution < -0.4 is 0 Å². The lowest BCUT2D eigenvalue weighted by Crippen LogP contribution is -2.29. The Hall–Kier alpha value is -1.31. The van der Waals surface area contributed by atoms with Crippen molar-refractivity contribution in [1.82, 2.24) is 0 Å². The summed E-state index contributed by atoms with van der Waals surface area (Å²) in [5.41, 5.74) is 3.37. The van der Waals surface area contributed by atoms with Gasteiger partial charge in [0.1, 0.15) is 0 Å². The summed E-state index contributed by atoms with van der Waals surface area (Å²) in [4.78, 5) is 0. The Labute approximate surface area is 119 Å². The van der Waals surface area contributed by atoms with Gasteiger partial charge in [0.15, 0.2) is 0 Å². The molecule has 19 heavy (non-hydrogen) atoms. The summed E-state index contributed by atoms with van der Waals surface area (Å²) >= 11 is 5.93. The van der Waals surface area contributed by atoms with Crippen molar-refractivity contribution in [2.75, 3.05) is 6.61 Å². The first-order valence-corrected chi connectivity index (χ1v) is 6.84. The monoisotopic (exact) mass is 274 g/mol. The van der Waals surface area contributed by atoms with Gasteiger partial charge in [0.2, 0.25) is 0 Å². The molecule has 1 unspecified atom stereocenters. The minimum Gasteiger partial charge on any atom is -0.395 e. The first-order valence-electron chi connectivity index (χ1n) is 6.46. The predicted molar refractivity (Wildman–Crippen MR) is 80.8 cm³/mol. The van der Waals surface area contributed by atoms with Crippen LogP contribution in [0.2, 0.25) is 5.02 Å². The van der Waals surface area contributed by atoms with Crippen LogP contribution in [0.25, 0.3) is 0 Å². The highest BCUT2D eigenvalue weighted by atomic mass is 35.5. The fraction of sp³-hybridized carbons (Fsp3) is 0.294. The van der Waals surface area contributed by atoms with Crippen molar-refractivity contribution < 1.29 is 5.11 Å². The average molecular weight is 275 g/mol. The van der Waals surface area contributed by atoms with E-state index in [1.165, 1.54) is 11.1 Å². The van der Waals surface area contributed by atoms with Gasteiger partial charge in [0.05, 0.1) is 6.61 Å². The topological polar surface area (TPSA) is 20.2 Å². The Morgan fingerprint density at radius 3 is 2.26 bits per heavy atom. The van der Waals surface area contributed by atoms with Gasteiger partial charge in [-0.15, -0.1) is 0 Å². The molecule has 0 heterocycles. The van der Waals surface area contributed by atoms with E-state index in [0.717, 1.165) is 17.0 Å². The summed E-state index contributed by atoms with van der Waals surface area (Å²) in [6, 6.07) is 16.1. The lowest BCUT2D eigenvalue weighted by molar-refractivity contribution is 0.204. The highest BCUT2D eigenvalue weighted by Gasteiger charge is 2.26. The van der Waals surface area contributed by atoms with Gasteiger partial charge in [0, 0.05) is 10.4 Å². The molecule has 1 atom stereocenters. The van der Waals surface area contributed by atoms with E-state index in [2.05, 4.69) is 26.0 Å². The molecule has 2 rings (SSSR count). The molecule has 0 amide bonds. The third-order valence-electron chi connectivity index (χ3n) is 3.73. The van der Waals surface area contributed by atoms with Crippen LogP contribution in [0.3, 0.4) is 0 Å². The van der Waals surface area contributed by atoms with E-state index in [4.69, 9.17) is 11.6 Å². The van der Waals surface area contributed by atoms with Crippen LogP contribution in [-0.4, -0.2) is 11.7 Å². The first-order chi connectivity index (χ1) is 9.05. The smallest absolute Gasteiger partial charge is 0.0528 e. The number of aliphatic hydroxyl groups excluding tert-OH is 1. The fourth-order valence-corrected chi connectivity index (χ4v) is 2.46. The van der Waals surface area contributed by atoms with Crippen LogP contribution in [0.15, 0.2) is 48.5 Å². The molecule has 1 N–H and O–H groups in total. The molecule has 0 aliphatic rings. The molecule has 1 nitrogen and oxygen atoms in total. The van der Waals surface area contributed by atoms with Crippen molar-refractivity contribution >= 4 is 11.6 Å². The van der Waals surface area contributed by atoms with Crippen LogP contribution in [0, 0.1) is 6.92 Å². The number of aliphatic hydroxyl groups is 1. The summed E-state index contributed by atoms with van der Waals surface area (Å²) in [5.74, 6) is 0. The molecule has 100 valence electrons. The Bertz CT molecular complexity index is 547. The van der Waals surface area contributed by atoms with E-state index in [9.17, 15) is 5.11 Å². The maximum atomic E-state index is 9.83. The van der Waals surface area contributed by atoms with Crippen molar-refractivity contribution in [3.8, 4) is 0 Å². The zero-order valence-corrected chi connectivity index (χ0v) is 12.1. The molecule has 0 saturated heterocycles. The summed E-state index contributed by atoms with van der Waals surface area (Å²) in [6.45, 7) is 4.31. The average Bonchev–Trinajstić information content (AvgIpc) is 2.42. The van der Waals surface area contributed by atoms with Crippen molar-refractivity contribution in [3.05, 3.63) is 70.2 Å². The number of benzene rings is 2. The quantitative estimate of drug-likeness (QED) is 0.888. The number of rotatable bonds is 4. The molecule has 0 aliphatic carbocycles. The largest absolute Gasteiger partial charge is 0.395 e. The SMILES string of the molecule is Cc1ccccc1CC(C)(CO)c1ccc(Cl)cc1. The molecule has 0 bridgehead atoms. The lowest BCUT2D eigenvalue weighted by Gasteiger charge is -2.29. The number of halogens is 1. The summed E-state index contributed by atoms with van der Waals surface area (Å²) in [7, 11) is 0. The van der Waals surface area contributed by atoms with E-state index in [1.54, 1.807) is 0 Å². The Morgan fingerprint density at radius 2 is 1.68 bits per heavy atom. The highest BCUT2D eigenvalue weighted by molar-refractivity contribution is 6.30. The van der Waals surface area contributed by atoms with E-state index in [0.29, 0.717) is 0 Å². The molecule has 0 fully saturated rings. The first kappa shape index (κ1) is 14.1. The molecule has 0 saturated carbocycles. The maximum absolute atomic E-state index is 9.83. The van der Waals surface area contributed by atoms with Gasteiger partial charge >= 0.3 is 0 Å². The predicted octanol–water partition coefficient (Wildman–Crippen LogP) is 4.14. The van der Waals surface area contributed by atoms with E-state index in [1.807, 2.05) is 36.4 Å². The van der Waals surface area contributed by atoms with Gasteiger partial charge in [-0.25, -0.2) is 0 Å². The molecule has 0 aromatic heterocycles.